The zero-order valence-electron chi connectivity index (χ0n) is 25.8. The smallest absolute Gasteiger partial charge is 0.319 e. The molecule has 242 valence electrons. The van der Waals surface area contributed by atoms with Crippen molar-refractivity contribution in [2.75, 3.05) is 37.7 Å². The van der Waals surface area contributed by atoms with E-state index < -0.39 is 35.3 Å². The van der Waals surface area contributed by atoms with Crippen LogP contribution in [0.15, 0.2) is 30.3 Å². The molecule has 0 spiro atoms. The first-order chi connectivity index (χ1) is 22.7. The molecular formula is C35H33F3N6O3. The molecular weight excluding hydrogens is 609 g/mol. The summed E-state index contributed by atoms with van der Waals surface area (Å²) in [5.74, 6) is 2.28. The summed E-state index contributed by atoms with van der Waals surface area (Å²) in [5.41, 5.74) is -0.502. The van der Waals surface area contributed by atoms with Crippen molar-refractivity contribution >= 4 is 27.5 Å². The average Bonchev–Trinajstić information content (AvgIpc) is 3.61. The van der Waals surface area contributed by atoms with Crippen LogP contribution in [0.2, 0.25) is 0 Å². The number of aromatic hydroxyl groups is 1. The lowest BCUT2D eigenvalue weighted by molar-refractivity contribution is 0.107. The van der Waals surface area contributed by atoms with Gasteiger partial charge < -0.3 is 24.8 Å². The molecule has 6 atom stereocenters. The van der Waals surface area contributed by atoms with Crippen LogP contribution in [0.5, 0.6) is 17.6 Å². The van der Waals surface area contributed by atoms with Crippen molar-refractivity contribution < 1.29 is 27.8 Å². The summed E-state index contributed by atoms with van der Waals surface area (Å²) in [6.45, 7) is 3.69. The maximum atomic E-state index is 17.1. The standard InChI is InChI=1S/C35H33F3N6O3/c1-3-18-6-4-7-19-10-21(45)11-22(26(18)19)29-28(38)30-27-31(41-33(40-30)47-17-35-8-5-9-43(35)14-20(36)12-35)44-15-24-23(37)13-34(2,42-24)25(44)16-46-32(27)39-29/h1,4,6-7,10-11,20,23-25,42,45H,5,8-9,12-17H2,2H3. The van der Waals surface area contributed by atoms with Gasteiger partial charge in [0, 0.05) is 48.0 Å². The van der Waals surface area contributed by atoms with Crippen molar-refractivity contribution in [3.63, 3.8) is 0 Å². The third-order valence-electron chi connectivity index (χ3n) is 11.0. The van der Waals surface area contributed by atoms with Crippen LogP contribution < -0.4 is 19.7 Å². The van der Waals surface area contributed by atoms with Crippen molar-refractivity contribution in [2.45, 2.75) is 68.1 Å². The number of benzene rings is 2. The van der Waals surface area contributed by atoms with Gasteiger partial charge >= 0.3 is 6.01 Å². The molecule has 2 bridgehead atoms. The van der Waals surface area contributed by atoms with E-state index in [9.17, 15) is 9.50 Å². The van der Waals surface area contributed by atoms with Crippen molar-refractivity contribution in [3.8, 4) is 41.2 Å². The lowest BCUT2D eigenvalue weighted by Crippen LogP contribution is -2.66. The molecule has 4 fully saturated rings. The first kappa shape index (κ1) is 28.8. The summed E-state index contributed by atoms with van der Waals surface area (Å²) < 4.78 is 59.4. The number of alkyl halides is 2. The lowest BCUT2D eigenvalue weighted by atomic mass is 9.89. The van der Waals surface area contributed by atoms with Crippen molar-refractivity contribution in [3.05, 3.63) is 41.7 Å². The number of pyridine rings is 1. The minimum atomic E-state index is -1.07. The minimum absolute atomic E-state index is 0.0587. The van der Waals surface area contributed by atoms with Crippen LogP contribution in [-0.2, 0) is 0 Å². The molecule has 0 saturated carbocycles. The molecule has 6 unspecified atom stereocenters. The lowest BCUT2D eigenvalue weighted by Gasteiger charge is -2.46. The SMILES string of the molecule is C#Cc1cccc2cc(O)cc(-c3nc4c5c(nc(OCC67CCCN6CC(F)C7)nc5c3F)N3CC5NC(C)(CC5F)C3CO4)c12. The van der Waals surface area contributed by atoms with Gasteiger partial charge in [-0.2, -0.15) is 9.97 Å². The number of fused-ring (bicyclic) bond motifs is 7. The summed E-state index contributed by atoms with van der Waals surface area (Å²) in [6.07, 6.45) is 6.21. The fourth-order valence-electron chi connectivity index (χ4n) is 8.89. The summed E-state index contributed by atoms with van der Waals surface area (Å²) >= 11 is 0. The molecule has 47 heavy (non-hydrogen) atoms. The van der Waals surface area contributed by atoms with E-state index >= 15 is 8.78 Å². The highest BCUT2D eigenvalue weighted by molar-refractivity contribution is 6.04. The van der Waals surface area contributed by atoms with E-state index in [4.69, 9.17) is 25.9 Å². The van der Waals surface area contributed by atoms with E-state index in [2.05, 4.69) is 21.1 Å². The maximum absolute atomic E-state index is 17.1. The Labute approximate surface area is 269 Å². The molecule has 2 aromatic heterocycles. The van der Waals surface area contributed by atoms with E-state index in [-0.39, 0.29) is 72.0 Å². The number of piperazine rings is 1. The van der Waals surface area contributed by atoms with Gasteiger partial charge in [0.05, 0.1) is 17.6 Å². The van der Waals surface area contributed by atoms with Gasteiger partial charge in [-0.15, -0.1) is 6.42 Å². The summed E-state index contributed by atoms with van der Waals surface area (Å²) in [4.78, 5) is 18.2. The van der Waals surface area contributed by atoms with Crippen LogP contribution in [0.4, 0.5) is 19.0 Å². The Bertz CT molecular complexity index is 2020. The van der Waals surface area contributed by atoms with Gasteiger partial charge in [0.25, 0.3) is 0 Å². The molecule has 2 aromatic carbocycles. The molecule has 0 aliphatic carbocycles. The number of rotatable bonds is 4. The number of phenolic OH excluding ortho intramolecular Hbond substituents is 1. The normalized spacial score (nSPS) is 31.0. The first-order valence-corrected chi connectivity index (χ1v) is 16.1. The molecule has 4 saturated heterocycles. The average molecular weight is 643 g/mol. The highest BCUT2D eigenvalue weighted by Crippen LogP contribution is 2.47. The van der Waals surface area contributed by atoms with Crippen LogP contribution in [0.1, 0.15) is 38.2 Å². The topological polar surface area (TPSA) is 95.9 Å². The Hall–Kier alpha value is -4.34. The molecule has 0 amide bonds. The van der Waals surface area contributed by atoms with E-state index in [0.29, 0.717) is 35.1 Å². The number of nitrogens with zero attached hydrogens (tertiary/aromatic N) is 5. The fourth-order valence-corrected chi connectivity index (χ4v) is 8.89. The number of ether oxygens (including phenoxy) is 2. The quantitative estimate of drug-likeness (QED) is 0.308. The number of hydrogen-bond donors (Lipinski definition) is 2. The van der Waals surface area contributed by atoms with Gasteiger partial charge in [0.2, 0.25) is 5.88 Å². The minimum Gasteiger partial charge on any atom is -0.508 e. The number of terminal acetylenes is 1. The zero-order valence-corrected chi connectivity index (χ0v) is 25.8. The molecule has 2 N–H and O–H groups in total. The van der Waals surface area contributed by atoms with Gasteiger partial charge in [-0.3, -0.25) is 4.90 Å². The molecule has 12 heteroatoms. The summed E-state index contributed by atoms with van der Waals surface area (Å²) in [5, 5.41) is 15.5. The van der Waals surface area contributed by atoms with Crippen LogP contribution in [-0.4, -0.2) is 93.3 Å². The first-order valence-electron chi connectivity index (χ1n) is 16.1. The Morgan fingerprint density at radius 1 is 1.17 bits per heavy atom. The molecule has 4 aromatic rings. The van der Waals surface area contributed by atoms with Crippen LogP contribution >= 0.6 is 0 Å². The number of nitrogens with one attached hydrogen (secondary N) is 1. The van der Waals surface area contributed by atoms with E-state index in [1.165, 1.54) is 6.07 Å². The third kappa shape index (κ3) is 4.22. The van der Waals surface area contributed by atoms with Gasteiger partial charge in [-0.05, 0) is 49.9 Å². The second-order valence-corrected chi connectivity index (χ2v) is 13.9. The Kier molecular flexibility index (Phi) is 6.19. The second kappa shape index (κ2) is 10.1. The van der Waals surface area contributed by atoms with Crippen molar-refractivity contribution in [2.24, 2.45) is 0 Å². The van der Waals surface area contributed by atoms with Gasteiger partial charge in [-0.1, -0.05) is 18.1 Å². The Balaban J connectivity index is 1.25. The number of aromatic nitrogens is 3. The van der Waals surface area contributed by atoms with Gasteiger partial charge in [-0.25, -0.2) is 18.2 Å². The fraction of sp³-hybridized carbons (Fsp3) is 0.457. The van der Waals surface area contributed by atoms with Gasteiger partial charge in [0.1, 0.15) is 53.7 Å². The van der Waals surface area contributed by atoms with Crippen molar-refractivity contribution in [1.82, 2.24) is 25.2 Å². The molecule has 5 aliphatic heterocycles. The predicted octanol–water partition coefficient (Wildman–Crippen LogP) is 4.67. The molecule has 5 aliphatic rings. The third-order valence-corrected chi connectivity index (χ3v) is 11.0. The Morgan fingerprint density at radius 2 is 2.04 bits per heavy atom. The van der Waals surface area contributed by atoms with E-state index in [0.717, 1.165) is 19.4 Å². The van der Waals surface area contributed by atoms with Crippen LogP contribution in [0.25, 0.3) is 32.9 Å². The zero-order chi connectivity index (χ0) is 32.2. The second-order valence-electron chi connectivity index (χ2n) is 13.9. The maximum Gasteiger partial charge on any atom is 0.319 e. The number of halogens is 3. The summed E-state index contributed by atoms with van der Waals surface area (Å²) in [6, 6.07) is 7.43. The highest BCUT2D eigenvalue weighted by atomic mass is 19.1. The number of anilines is 1. The Morgan fingerprint density at radius 3 is 2.89 bits per heavy atom. The number of hydrogen-bond acceptors (Lipinski definition) is 9. The monoisotopic (exact) mass is 642 g/mol. The van der Waals surface area contributed by atoms with E-state index in [1.807, 2.05) is 11.8 Å². The van der Waals surface area contributed by atoms with Crippen LogP contribution in [0, 0.1) is 18.2 Å². The molecule has 0 radical (unpaired) electrons. The molecule has 9 rings (SSSR count). The number of phenols is 1. The predicted molar refractivity (Wildman–Crippen MR) is 170 cm³/mol. The molecule has 9 nitrogen and oxygen atoms in total. The summed E-state index contributed by atoms with van der Waals surface area (Å²) in [7, 11) is 0. The molecule has 7 heterocycles. The van der Waals surface area contributed by atoms with Gasteiger partial charge in [0.15, 0.2) is 5.82 Å². The van der Waals surface area contributed by atoms with Crippen LogP contribution in [0.3, 0.4) is 0 Å². The highest BCUT2D eigenvalue weighted by Gasteiger charge is 2.55. The largest absolute Gasteiger partial charge is 0.508 e. The van der Waals surface area contributed by atoms with Crippen molar-refractivity contribution in [1.29, 1.82) is 0 Å². The van der Waals surface area contributed by atoms with E-state index in [1.54, 1.807) is 24.3 Å².